The number of hydrogen-bond donors (Lipinski definition) is 1. The van der Waals surface area contributed by atoms with Crippen LogP contribution in [0.3, 0.4) is 0 Å². The summed E-state index contributed by atoms with van der Waals surface area (Å²) in [5.74, 6) is -1.32. The molecule has 0 atom stereocenters. The highest BCUT2D eigenvalue weighted by molar-refractivity contribution is 6.30. The molecule has 0 saturated heterocycles. The first-order valence-corrected chi connectivity index (χ1v) is 4.89. The van der Waals surface area contributed by atoms with E-state index >= 15 is 0 Å². The minimum absolute atomic E-state index is 0.106. The van der Waals surface area contributed by atoms with Gasteiger partial charge in [0, 0.05) is 16.1 Å². The summed E-state index contributed by atoms with van der Waals surface area (Å²) in [4.78, 5) is 0. The van der Waals surface area contributed by atoms with Crippen LogP contribution < -0.4 is 0 Å². The lowest BCUT2D eigenvalue weighted by Crippen LogP contribution is -1.86. The minimum Gasteiger partial charge on any atom is -0.507 e. The van der Waals surface area contributed by atoms with E-state index in [0.717, 1.165) is 18.2 Å². The molecule has 16 heavy (non-hydrogen) atoms. The molecule has 0 unspecified atom stereocenters. The fourth-order valence-electron chi connectivity index (χ4n) is 1.43. The second-order valence-electron chi connectivity index (χ2n) is 3.29. The number of aromatic hydroxyl groups is 1. The van der Waals surface area contributed by atoms with Gasteiger partial charge in [-0.05, 0) is 36.4 Å². The molecular weight excluding hydrogens is 234 g/mol. The second kappa shape index (κ2) is 4.10. The maximum Gasteiger partial charge on any atom is 0.132 e. The van der Waals surface area contributed by atoms with Crippen LogP contribution in [0.25, 0.3) is 11.1 Å². The summed E-state index contributed by atoms with van der Waals surface area (Å²) < 4.78 is 26.5. The van der Waals surface area contributed by atoms with Crippen LogP contribution in [0, 0.1) is 11.6 Å². The molecule has 0 amide bonds. The van der Waals surface area contributed by atoms with Crippen molar-refractivity contribution < 1.29 is 13.9 Å². The third-order valence-electron chi connectivity index (χ3n) is 2.18. The van der Waals surface area contributed by atoms with Crippen molar-refractivity contribution >= 4 is 11.6 Å². The van der Waals surface area contributed by atoms with Crippen molar-refractivity contribution in [2.24, 2.45) is 0 Å². The Hall–Kier alpha value is -1.61. The van der Waals surface area contributed by atoms with Crippen molar-refractivity contribution in [2.45, 2.75) is 0 Å². The van der Waals surface area contributed by atoms with Gasteiger partial charge in [0.1, 0.15) is 17.4 Å². The van der Waals surface area contributed by atoms with Crippen LogP contribution >= 0.6 is 11.6 Å². The smallest absolute Gasteiger partial charge is 0.132 e. The van der Waals surface area contributed by atoms with E-state index < -0.39 is 11.6 Å². The number of rotatable bonds is 1. The molecule has 0 aromatic heterocycles. The van der Waals surface area contributed by atoms with E-state index in [2.05, 4.69) is 0 Å². The lowest BCUT2D eigenvalue weighted by molar-refractivity contribution is 0.474. The number of phenols is 1. The maximum atomic E-state index is 13.5. The van der Waals surface area contributed by atoms with E-state index in [0.29, 0.717) is 0 Å². The molecule has 1 N–H and O–H groups in total. The Bertz CT molecular complexity index is 541. The largest absolute Gasteiger partial charge is 0.507 e. The maximum absolute atomic E-state index is 13.5. The molecule has 0 aliphatic rings. The number of halogens is 3. The van der Waals surface area contributed by atoms with E-state index in [1.54, 1.807) is 0 Å². The Morgan fingerprint density at radius 1 is 0.938 bits per heavy atom. The van der Waals surface area contributed by atoms with Gasteiger partial charge in [-0.15, -0.1) is 0 Å². The van der Waals surface area contributed by atoms with Crippen LogP contribution in [-0.2, 0) is 0 Å². The van der Waals surface area contributed by atoms with Gasteiger partial charge in [0.05, 0.1) is 0 Å². The molecule has 4 heteroatoms. The van der Waals surface area contributed by atoms with E-state index in [1.165, 1.54) is 18.2 Å². The highest BCUT2D eigenvalue weighted by Crippen LogP contribution is 2.32. The minimum atomic E-state index is -0.603. The van der Waals surface area contributed by atoms with E-state index in [1.807, 2.05) is 0 Å². The predicted molar refractivity (Wildman–Crippen MR) is 58.5 cm³/mol. The standard InChI is InChI=1S/C12H7ClF2O/c13-7-1-3-9(11(15)5-7)10-6-8(14)2-4-12(10)16/h1-6,16H. The Morgan fingerprint density at radius 3 is 2.38 bits per heavy atom. The van der Waals surface area contributed by atoms with Gasteiger partial charge in [-0.1, -0.05) is 11.6 Å². The third kappa shape index (κ3) is 1.99. The van der Waals surface area contributed by atoms with Crippen LogP contribution in [0.1, 0.15) is 0 Å². The average Bonchev–Trinajstić information content (AvgIpc) is 2.22. The van der Waals surface area contributed by atoms with Gasteiger partial charge < -0.3 is 5.11 Å². The van der Waals surface area contributed by atoms with Gasteiger partial charge in [-0.2, -0.15) is 0 Å². The Kier molecular flexibility index (Phi) is 2.79. The Labute approximate surface area is 95.9 Å². The van der Waals surface area contributed by atoms with Gasteiger partial charge in [0.2, 0.25) is 0 Å². The molecule has 0 aliphatic carbocycles. The van der Waals surface area contributed by atoms with Gasteiger partial charge in [0.25, 0.3) is 0 Å². The molecule has 0 heterocycles. The molecule has 0 radical (unpaired) electrons. The summed E-state index contributed by atoms with van der Waals surface area (Å²) in [6, 6.07) is 7.34. The fraction of sp³-hybridized carbons (Fsp3) is 0. The Balaban J connectivity index is 2.62. The summed E-state index contributed by atoms with van der Waals surface area (Å²) in [7, 11) is 0. The van der Waals surface area contributed by atoms with Crippen molar-refractivity contribution in [2.75, 3.05) is 0 Å². The highest BCUT2D eigenvalue weighted by atomic mass is 35.5. The number of hydrogen-bond acceptors (Lipinski definition) is 1. The van der Waals surface area contributed by atoms with Crippen molar-refractivity contribution in [1.82, 2.24) is 0 Å². The molecule has 82 valence electrons. The zero-order chi connectivity index (χ0) is 11.7. The third-order valence-corrected chi connectivity index (χ3v) is 2.42. The SMILES string of the molecule is Oc1ccc(F)cc1-c1ccc(Cl)cc1F. The first-order chi connectivity index (χ1) is 7.58. The molecule has 2 rings (SSSR count). The number of phenolic OH excluding ortho intramolecular Hbond substituents is 1. The van der Waals surface area contributed by atoms with Crippen molar-refractivity contribution in [3.63, 3.8) is 0 Å². The van der Waals surface area contributed by atoms with Gasteiger partial charge in [0.15, 0.2) is 0 Å². The zero-order valence-electron chi connectivity index (χ0n) is 8.05. The van der Waals surface area contributed by atoms with Crippen LogP contribution in [0.5, 0.6) is 5.75 Å². The van der Waals surface area contributed by atoms with Crippen LogP contribution in [0.4, 0.5) is 8.78 Å². The zero-order valence-corrected chi connectivity index (χ0v) is 8.80. The predicted octanol–water partition coefficient (Wildman–Crippen LogP) is 3.99. The molecule has 0 bridgehead atoms. The van der Waals surface area contributed by atoms with E-state index in [9.17, 15) is 13.9 Å². The topological polar surface area (TPSA) is 20.2 Å². The fourth-order valence-corrected chi connectivity index (χ4v) is 1.59. The molecular formula is C12H7ClF2O. The van der Waals surface area contributed by atoms with Crippen LogP contribution in [0.2, 0.25) is 5.02 Å². The molecule has 1 nitrogen and oxygen atoms in total. The quantitative estimate of drug-likeness (QED) is 0.799. The van der Waals surface area contributed by atoms with E-state index in [4.69, 9.17) is 11.6 Å². The molecule has 0 fully saturated rings. The Morgan fingerprint density at radius 2 is 1.69 bits per heavy atom. The summed E-state index contributed by atoms with van der Waals surface area (Å²) in [5, 5.41) is 9.76. The van der Waals surface area contributed by atoms with Crippen molar-refractivity contribution in [1.29, 1.82) is 0 Å². The van der Waals surface area contributed by atoms with Crippen LogP contribution in [-0.4, -0.2) is 5.11 Å². The first kappa shape index (κ1) is 10.9. The molecule has 2 aromatic rings. The lowest BCUT2D eigenvalue weighted by Gasteiger charge is -2.06. The summed E-state index contributed by atoms with van der Waals surface area (Å²) >= 11 is 5.60. The van der Waals surface area contributed by atoms with E-state index in [-0.39, 0.29) is 21.9 Å². The van der Waals surface area contributed by atoms with Gasteiger partial charge in [-0.25, -0.2) is 8.78 Å². The lowest BCUT2D eigenvalue weighted by atomic mass is 10.0. The summed E-state index contributed by atoms with van der Waals surface area (Å²) in [6.45, 7) is 0. The second-order valence-corrected chi connectivity index (χ2v) is 3.72. The molecule has 0 aliphatic heterocycles. The first-order valence-electron chi connectivity index (χ1n) is 4.52. The monoisotopic (exact) mass is 240 g/mol. The van der Waals surface area contributed by atoms with Gasteiger partial charge >= 0.3 is 0 Å². The molecule has 0 spiro atoms. The average molecular weight is 241 g/mol. The molecule has 0 saturated carbocycles. The normalized spacial score (nSPS) is 10.4. The van der Waals surface area contributed by atoms with Crippen LogP contribution in [0.15, 0.2) is 36.4 Å². The van der Waals surface area contributed by atoms with Gasteiger partial charge in [-0.3, -0.25) is 0 Å². The summed E-state index contributed by atoms with van der Waals surface area (Å²) in [5.41, 5.74) is 0.218. The molecule has 2 aromatic carbocycles. The van der Waals surface area contributed by atoms with Crippen molar-refractivity contribution in [3.8, 4) is 16.9 Å². The highest BCUT2D eigenvalue weighted by Gasteiger charge is 2.10. The number of benzene rings is 2. The van der Waals surface area contributed by atoms with Crippen molar-refractivity contribution in [3.05, 3.63) is 53.1 Å². The summed E-state index contributed by atoms with van der Waals surface area (Å²) in [6.07, 6.45) is 0.